The lowest BCUT2D eigenvalue weighted by atomic mass is 9.95. The molecule has 3 aromatic carbocycles. The first-order valence-electron chi connectivity index (χ1n) is 14.6. The predicted molar refractivity (Wildman–Crippen MR) is 163 cm³/mol. The summed E-state index contributed by atoms with van der Waals surface area (Å²) in [5.74, 6) is 1.85. The average molecular weight is 539 g/mol. The molecule has 0 spiro atoms. The van der Waals surface area contributed by atoms with Gasteiger partial charge in [-0.3, -0.25) is 14.3 Å². The molecule has 1 amide bonds. The minimum Gasteiger partial charge on any atom is -0.497 e. The van der Waals surface area contributed by atoms with Crippen LogP contribution in [0.4, 0.5) is 0 Å². The van der Waals surface area contributed by atoms with Crippen LogP contribution >= 0.6 is 0 Å². The molecular formula is C34H42N4O2. The molecule has 1 atom stereocenters. The van der Waals surface area contributed by atoms with Gasteiger partial charge < -0.3 is 9.64 Å². The monoisotopic (exact) mass is 538 g/mol. The summed E-state index contributed by atoms with van der Waals surface area (Å²) in [4.78, 5) is 24.0. The molecule has 1 unspecified atom stereocenters. The van der Waals surface area contributed by atoms with Gasteiger partial charge in [-0.1, -0.05) is 37.6 Å². The lowest BCUT2D eigenvalue weighted by Crippen LogP contribution is -2.40. The Hall–Kier alpha value is -3.64. The highest BCUT2D eigenvalue weighted by Crippen LogP contribution is 2.36. The first-order chi connectivity index (χ1) is 19.3. The third kappa shape index (κ3) is 5.37. The Balaban J connectivity index is 1.64. The number of hydrogen-bond donors (Lipinski definition) is 0. The number of likely N-dealkylation sites (tertiary alicyclic amines) is 1. The minimum absolute atomic E-state index is 0.107. The van der Waals surface area contributed by atoms with E-state index in [4.69, 9.17) is 9.72 Å². The average Bonchev–Trinajstić information content (AvgIpc) is 3.34. The van der Waals surface area contributed by atoms with Crippen LogP contribution in [0.3, 0.4) is 0 Å². The van der Waals surface area contributed by atoms with Gasteiger partial charge in [-0.25, -0.2) is 4.98 Å². The SMILES string of the molecule is CCN(CC)Cc1ccc2c(c1)nc(C1CCCCN1C(=O)c1c(C)cc(C)cc1C)n2-c1ccc(OC)cc1. The molecular weight excluding hydrogens is 496 g/mol. The Bertz CT molecular complexity index is 1480. The van der Waals surface area contributed by atoms with Gasteiger partial charge in [-0.05, 0) is 106 Å². The first-order valence-corrected chi connectivity index (χ1v) is 14.6. The molecule has 6 nitrogen and oxygen atoms in total. The van der Waals surface area contributed by atoms with E-state index in [-0.39, 0.29) is 11.9 Å². The van der Waals surface area contributed by atoms with Crippen LogP contribution in [0.5, 0.6) is 5.75 Å². The van der Waals surface area contributed by atoms with Gasteiger partial charge in [0.1, 0.15) is 11.6 Å². The number of carbonyl (C=O) groups is 1. The van der Waals surface area contributed by atoms with E-state index in [1.807, 2.05) is 12.1 Å². The normalized spacial score (nSPS) is 15.7. The Morgan fingerprint density at radius 3 is 2.33 bits per heavy atom. The third-order valence-electron chi connectivity index (χ3n) is 8.33. The second kappa shape index (κ2) is 11.8. The van der Waals surface area contributed by atoms with Crippen LogP contribution in [0.25, 0.3) is 16.7 Å². The van der Waals surface area contributed by atoms with Crippen LogP contribution in [0.15, 0.2) is 54.6 Å². The molecule has 1 fully saturated rings. The van der Waals surface area contributed by atoms with Gasteiger partial charge in [0.25, 0.3) is 5.91 Å². The van der Waals surface area contributed by atoms with E-state index in [1.165, 1.54) is 11.1 Å². The van der Waals surface area contributed by atoms with E-state index in [0.29, 0.717) is 0 Å². The number of nitrogens with zero attached hydrogens (tertiary/aromatic N) is 4. The maximum atomic E-state index is 14.2. The standard InChI is InChI=1S/C34H42N4O2/c1-7-36(8-2)22-26-12-17-30-29(21-26)35-33(38(30)27-13-15-28(40-6)16-14-27)31-11-9-10-18-37(31)34(39)32-24(4)19-23(3)20-25(32)5/h12-17,19-21,31H,7-11,18,22H2,1-6H3. The van der Waals surface area contributed by atoms with E-state index in [0.717, 1.165) is 90.4 Å². The van der Waals surface area contributed by atoms with Crippen LogP contribution in [0.1, 0.15) is 77.6 Å². The summed E-state index contributed by atoms with van der Waals surface area (Å²) in [6.45, 7) is 14.2. The topological polar surface area (TPSA) is 50.6 Å². The van der Waals surface area contributed by atoms with Crippen molar-refractivity contribution in [2.24, 2.45) is 0 Å². The van der Waals surface area contributed by atoms with Gasteiger partial charge in [0.15, 0.2) is 0 Å². The fourth-order valence-electron chi connectivity index (χ4n) is 6.28. The van der Waals surface area contributed by atoms with Crippen LogP contribution in [0.2, 0.25) is 0 Å². The van der Waals surface area contributed by atoms with E-state index < -0.39 is 0 Å². The summed E-state index contributed by atoms with van der Waals surface area (Å²) >= 11 is 0. The number of methoxy groups -OCH3 is 1. The maximum Gasteiger partial charge on any atom is 0.255 e. The minimum atomic E-state index is -0.109. The highest BCUT2D eigenvalue weighted by atomic mass is 16.5. The molecule has 1 aliphatic heterocycles. The fourth-order valence-corrected chi connectivity index (χ4v) is 6.28. The molecule has 6 heteroatoms. The number of aryl methyl sites for hydroxylation is 3. The molecule has 0 bridgehead atoms. The van der Waals surface area contributed by atoms with Gasteiger partial charge in [0, 0.05) is 24.3 Å². The Morgan fingerprint density at radius 1 is 0.975 bits per heavy atom. The van der Waals surface area contributed by atoms with Crippen molar-refractivity contribution >= 4 is 16.9 Å². The molecule has 5 rings (SSSR count). The zero-order chi connectivity index (χ0) is 28.4. The Labute approximate surface area is 238 Å². The Morgan fingerprint density at radius 2 is 1.68 bits per heavy atom. The summed E-state index contributed by atoms with van der Waals surface area (Å²) in [7, 11) is 1.69. The van der Waals surface area contributed by atoms with E-state index >= 15 is 0 Å². The van der Waals surface area contributed by atoms with E-state index in [1.54, 1.807) is 7.11 Å². The molecule has 0 saturated carbocycles. The molecule has 2 heterocycles. The lowest BCUT2D eigenvalue weighted by Gasteiger charge is -2.36. The van der Waals surface area contributed by atoms with Crippen molar-refractivity contribution in [1.29, 1.82) is 0 Å². The molecule has 0 aliphatic carbocycles. The quantitative estimate of drug-likeness (QED) is 0.239. The summed E-state index contributed by atoms with van der Waals surface area (Å²) in [6, 6.07) is 18.9. The highest BCUT2D eigenvalue weighted by Gasteiger charge is 2.34. The second-order valence-corrected chi connectivity index (χ2v) is 11.1. The summed E-state index contributed by atoms with van der Waals surface area (Å²) in [5, 5.41) is 0. The van der Waals surface area contributed by atoms with Crippen molar-refractivity contribution in [3.05, 3.63) is 88.2 Å². The van der Waals surface area contributed by atoms with Crippen LogP contribution in [-0.2, 0) is 6.54 Å². The number of amides is 1. The zero-order valence-electron chi connectivity index (χ0n) is 24.8. The third-order valence-corrected chi connectivity index (χ3v) is 8.33. The predicted octanol–water partition coefficient (Wildman–Crippen LogP) is 7.17. The number of rotatable bonds is 8. The van der Waals surface area contributed by atoms with Crippen molar-refractivity contribution < 1.29 is 9.53 Å². The van der Waals surface area contributed by atoms with Crippen molar-refractivity contribution in [2.75, 3.05) is 26.7 Å². The summed E-state index contributed by atoms with van der Waals surface area (Å²) in [6.07, 6.45) is 2.96. The highest BCUT2D eigenvalue weighted by molar-refractivity contribution is 5.97. The van der Waals surface area contributed by atoms with Gasteiger partial charge in [-0.2, -0.15) is 0 Å². The molecule has 0 N–H and O–H groups in total. The van der Waals surface area contributed by atoms with Crippen molar-refractivity contribution in [2.45, 2.75) is 66.5 Å². The number of hydrogen-bond acceptors (Lipinski definition) is 4. The molecule has 1 aromatic heterocycles. The number of aromatic nitrogens is 2. The Kier molecular flexibility index (Phi) is 8.27. The molecule has 40 heavy (non-hydrogen) atoms. The van der Waals surface area contributed by atoms with Crippen LogP contribution in [0, 0.1) is 20.8 Å². The number of carbonyl (C=O) groups excluding carboxylic acids is 1. The zero-order valence-corrected chi connectivity index (χ0v) is 24.8. The molecule has 1 saturated heterocycles. The van der Waals surface area contributed by atoms with Gasteiger partial charge in [0.2, 0.25) is 0 Å². The van der Waals surface area contributed by atoms with E-state index in [2.05, 4.69) is 91.5 Å². The first kappa shape index (κ1) is 27.9. The van der Waals surface area contributed by atoms with Crippen LogP contribution < -0.4 is 4.74 Å². The smallest absolute Gasteiger partial charge is 0.255 e. The lowest BCUT2D eigenvalue weighted by molar-refractivity contribution is 0.0597. The fraction of sp³-hybridized carbons (Fsp3) is 0.412. The van der Waals surface area contributed by atoms with Gasteiger partial charge in [-0.15, -0.1) is 0 Å². The number of imidazole rings is 1. The number of piperidine rings is 1. The summed E-state index contributed by atoms with van der Waals surface area (Å²) in [5.41, 5.74) is 8.39. The second-order valence-electron chi connectivity index (χ2n) is 11.1. The number of benzene rings is 3. The van der Waals surface area contributed by atoms with Gasteiger partial charge >= 0.3 is 0 Å². The summed E-state index contributed by atoms with van der Waals surface area (Å²) < 4.78 is 7.69. The van der Waals surface area contributed by atoms with Gasteiger partial charge in [0.05, 0.1) is 24.2 Å². The number of ether oxygens (including phenoxy) is 1. The van der Waals surface area contributed by atoms with Crippen molar-refractivity contribution in [3.8, 4) is 11.4 Å². The van der Waals surface area contributed by atoms with E-state index in [9.17, 15) is 4.79 Å². The molecule has 0 radical (unpaired) electrons. The molecule has 4 aromatic rings. The van der Waals surface area contributed by atoms with Crippen molar-refractivity contribution in [3.63, 3.8) is 0 Å². The molecule has 1 aliphatic rings. The number of fused-ring (bicyclic) bond motifs is 1. The van der Waals surface area contributed by atoms with Crippen molar-refractivity contribution in [1.82, 2.24) is 19.4 Å². The molecule has 210 valence electrons. The van der Waals surface area contributed by atoms with Crippen LogP contribution in [-0.4, -0.2) is 52.0 Å². The maximum absolute atomic E-state index is 14.2. The largest absolute Gasteiger partial charge is 0.497 e.